The lowest BCUT2D eigenvalue weighted by atomic mass is 9.96. The summed E-state index contributed by atoms with van der Waals surface area (Å²) in [5.74, 6) is 2.53. The van der Waals surface area contributed by atoms with Crippen LogP contribution in [0.2, 0.25) is 0 Å². The van der Waals surface area contributed by atoms with Crippen LogP contribution in [0.1, 0.15) is 38.5 Å². The summed E-state index contributed by atoms with van der Waals surface area (Å²) in [5, 5.41) is 4.52. The maximum Gasteiger partial charge on any atom is 0.169 e. The first-order valence-corrected chi connectivity index (χ1v) is 7.95. The van der Waals surface area contributed by atoms with Crippen molar-refractivity contribution in [3.8, 4) is 0 Å². The Balaban J connectivity index is 1.77. The Bertz CT molecular complexity index is 233. The molecule has 2 nitrogen and oxygen atoms in total. The van der Waals surface area contributed by atoms with E-state index >= 15 is 0 Å². The molecule has 1 N–H and O–H groups in total. The highest BCUT2D eigenvalue weighted by Gasteiger charge is 2.23. The van der Waals surface area contributed by atoms with Crippen molar-refractivity contribution in [2.24, 2.45) is 0 Å². The molecule has 0 amide bonds. The number of rotatable bonds is 2. The van der Waals surface area contributed by atoms with Crippen molar-refractivity contribution in [1.29, 1.82) is 0 Å². The van der Waals surface area contributed by atoms with Gasteiger partial charge in [0.25, 0.3) is 0 Å². The van der Waals surface area contributed by atoms with Gasteiger partial charge in [0, 0.05) is 24.9 Å². The molecule has 2 aliphatic rings. The quantitative estimate of drug-likeness (QED) is 0.766. The van der Waals surface area contributed by atoms with E-state index in [-0.39, 0.29) is 0 Å². The van der Waals surface area contributed by atoms with E-state index in [0.29, 0.717) is 12.1 Å². The van der Waals surface area contributed by atoms with Gasteiger partial charge >= 0.3 is 0 Å². The van der Waals surface area contributed by atoms with Gasteiger partial charge in [-0.25, -0.2) is 0 Å². The predicted molar refractivity (Wildman–Crippen MR) is 76.1 cm³/mol. The van der Waals surface area contributed by atoms with E-state index in [2.05, 4.69) is 17.3 Å². The van der Waals surface area contributed by atoms with Crippen molar-refractivity contribution in [3.05, 3.63) is 0 Å². The number of thiocarbonyl (C=S) groups is 1. The fourth-order valence-corrected chi connectivity index (χ4v) is 4.10. The van der Waals surface area contributed by atoms with Crippen molar-refractivity contribution in [2.45, 2.75) is 50.6 Å². The molecule has 1 aliphatic heterocycles. The molecule has 1 atom stereocenters. The summed E-state index contributed by atoms with van der Waals surface area (Å²) >= 11 is 7.54. The Morgan fingerprint density at radius 1 is 1.25 bits per heavy atom. The highest BCUT2D eigenvalue weighted by atomic mass is 32.2. The molecule has 0 spiro atoms. The normalized spacial score (nSPS) is 26.7. The van der Waals surface area contributed by atoms with Crippen LogP contribution < -0.4 is 5.32 Å². The van der Waals surface area contributed by atoms with Crippen molar-refractivity contribution in [2.75, 3.05) is 18.6 Å². The molecule has 1 aliphatic carbocycles. The third-order valence-electron chi connectivity index (χ3n) is 3.71. The third kappa shape index (κ3) is 3.27. The Morgan fingerprint density at radius 3 is 2.62 bits per heavy atom. The molecule has 2 rings (SSSR count). The van der Waals surface area contributed by atoms with Crippen molar-refractivity contribution in [1.82, 2.24) is 10.2 Å². The van der Waals surface area contributed by atoms with Crippen LogP contribution >= 0.6 is 24.0 Å². The van der Waals surface area contributed by atoms with Gasteiger partial charge in [0.15, 0.2) is 5.11 Å². The highest BCUT2D eigenvalue weighted by molar-refractivity contribution is 7.99. The molecule has 1 heterocycles. The Morgan fingerprint density at radius 2 is 2.00 bits per heavy atom. The molecule has 2 fully saturated rings. The average Bonchev–Trinajstić information content (AvgIpc) is 2.83. The van der Waals surface area contributed by atoms with Crippen LogP contribution in [-0.4, -0.2) is 40.6 Å². The number of thioether (sulfide) groups is 1. The van der Waals surface area contributed by atoms with Gasteiger partial charge in [-0.1, -0.05) is 19.3 Å². The fourth-order valence-electron chi connectivity index (χ4n) is 2.52. The van der Waals surface area contributed by atoms with Gasteiger partial charge in [-0.15, -0.1) is 0 Å². The van der Waals surface area contributed by atoms with Crippen LogP contribution in [0.5, 0.6) is 0 Å². The first-order valence-electron chi connectivity index (χ1n) is 6.38. The Kier molecular flexibility index (Phi) is 4.77. The maximum absolute atomic E-state index is 5.50. The minimum atomic E-state index is 0.637. The molecule has 92 valence electrons. The summed E-state index contributed by atoms with van der Waals surface area (Å²) in [5.41, 5.74) is 0. The van der Waals surface area contributed by atoms with Gasteiger partial charge in [-0.05, 0) is 37.2 Å². The second-order valence-electron chi connectivity index (χ2n) is 4.91. The molecule has 1 saturated heterocycles. The van der Waals surface area contributed by atoms with Gasteiger partial charge < -0.3 is 10.2 Å². The third-order valence-corrected chi connectivity index (χ3v) is 5.26. The van der Waals surface area contributed by atoms with Crippen LogP contribution in [0.3, 0.4) is 0 Å². The number of hydrogen-bond acceptors (Lipinski definition) is 2. The minimum absolute atomic E-state index is 0.637. The van der Waals surface area contributed by atoms with Crippen molar-refractivity contribution in [3.63, 3.8) is 0 Å². The van der Waals surface area contributed by atoms with Crippen LogP contribution in [0.4, 0.5) is 0 Å². The van der Waals surface area contributed by atoms with E-state index in [1.54, 1.807) is 0 Å². The van der Waals surface area contributed by atoms with Gasteiger partial charge in [-0.2, -0.15) is 11.8 Å². The average molecular weight is 258 g/mol. The molecule has 0 aromatic heterocycles. The summed E-state index contributed by atoms with van der Waals surface area (Å²) in [6.45, 7) is 0. The SMILES string of the molecule is CN(C(=S)NC1CCCCC1)C1CCSC1. The summed E-state index contributed by atoms with van der Waals surface area (Å²) < 4.78 is 0. The lowest BCUT2D eigenvalue weighted by Crippen LogP contribution is -2.47. The summed E-state index contributed by atoms with van der Waals surface area (Å²) in [7, 11) is 2.15. The molecule has 0 radical (unpaired) electrons. The topological polar surface area (TPSA) is 15.3 Å². The highest BCUT2D eigenvalue weighted by Crippen LogP contribution is 2.22. The van der Waals surface area contributed by atoms with E-state index in [1.165, 1.54) is 50.0 Å². The summed E-state index contributed by atoms with van der Waals surface area (Å²) in [4.78, 5) is 2.28. The summed E-state index contributed by atoms with van der Waals surface area (Å²) in [6, 6.07) is 1.30. The van der Waals surface area contributed by atoms with Gasteiger partial charge in [0.2, 0.25) is 0 Å². The Labute approximate surface area is 109 Å². The number of nitrogens with zero attached hydrogens (tertiary/aromatic N) is 1. The monoisotopic (exact) mass is 258 g/mol. The molecule has 16 heavy (non-hydrogen) atoms. The van der Waals surface area contributed by atoms with Gasteiger partial charge in [0.1, 0.15) is 0 Å². The zero-order chi connectivity index (χ0) is 11.4. The van der Waals surface area contributed by atoms with Crippen LogP contribution in [0, 0.1) is 0 Å². The van der Waals surface area contributed by atoms with Crippen LogP contribution in [0.15, 0.2) is 0 Å². The smallest absolute Gasteiger partial charge is 0.169 e. The predicted octanol–water partition coefficient (Wildman–Crippen LogP) is 2.63. The Hall–Kier alpha value is 0.0400. The lowest BCUT2D eigenvalue weighted by Gasteiger charge is -2.31. The van der Waals surface area contributed by atoms with E-state index in [4.69, 9.17) is 12.2 Å². The number of nitrogens with one attached hydrogen (secondary N) is 1. The molecular formula is C12H22N2S2. The zero-order valence-electron chi connectivity index (χ0n) is 10.1. The zero-order valence-corrected chi connectivity index (χ0v) is 11.7. The van der Waals surface area contributed by atoms with E-state index in [0.717, 1.165) is 5.11 Å². The second-order valence-corrected chi connectivity index (χ2v) is 6.45. The molecular weight excluding hydrogens is 236 g/mol. The largest absolute Gasteiger partial charge is 0.360 e. The molecule has 0 bridgehead atoms. The van der Waals surface area contributed by atoms with Gasteiger partial charge in [0.05, 0.1) is 0 Å². The van der Waals surface area contributed by atoms with Gasteiger partial charge in [-0.3, -0.25) is 0 Å². The van der Waals surface area contributed by atoms with E-state index < -0.39 is 0 Å². The second kappa shape index (κ2) is 6.10. The van der Waals surface area contributed by atoms with Crippen molar-refractivity contribution >= 4 is 29.1 Å². The molecule has 1 unspecified atom stereocenters. The van der Waals surface area contributed by atoms with Crippen LogP contribution in [-0.2, 0) is 0 Å². The van der Waals surface area contributed by atoms with E-state index in [1.807, 2.05) is 11.8 Å². The van der Waals surface area contributed by atoms with E-state index in [9.17, 15) is 0 Å². The first kappa shape index (κ1) is 12.5. The fraction of sp³-hybridized carbons (Fsp3) is 0.917. The summed E-state index contributed by atoms with van der Waals surface area (Å²) in [6.07, 6.45) is 8.01. The lowest BCUT2D eigenvalue weighted by molar-refractivity contribution is 0.361. The van der Waals surface area contributed by atoms with Crippen molar-refractivity contribution < 1.29 is 0 Å². The molecule has 1 saturated carbocycles. The number of hydrogen-bond donors (Lipinski definition) is 1. The van der Waals surface area contributed by atoms with Crippen LogP contribution in [0.25, 0.3) is 0 Å². The minimum Gasteiger partial charge on any atom is -0.360 e. The molecule has 0 aromatic carbocycles. The standard InChI is InChI=1S/C12H22N2S2/c1-14(11-7-8-16-9-11)12(15)13-10-5-3-2-4-6-10/h10-11H,2-9H2,1H3,(H,13,15). The molecule has 0 aromatic rings. The maximum atomic E-state index is 5.50. The first-order chi connectivity index (χ1) is 7.77. The molecule has 4 heteroatoms.